The van der Waals surface area contributed by atoms with Gasteiger partial charge in [0.15, 0.2) is 11.3 Å². The maximum atomic E-state index is 12.3. The number of para-hydroxylation sites is 1. The van der Waals surface area contributed by atoms with E-state index in [4.69, 9.17) is 25.5 Å². The molecule has 27 heavy (non-hydrogen) atoms. The molecule has 0 aliphatic carbocycles. The molecule has 6 heteroatoms. The number of hydrogen-bond donors (Lipinski definition) is 1. The highest BCUT2D eigenvalue weighted by molar-refractivity contribution is 6.32. The minimum absolute atomic E-state index is 0.0538. The van der Waals surface area contributed by atoms with Crippen LogP contribution in [0.5, 0.6) is 11.5 Å². The zero-order valence-electron chi connectivity index (χ0n) is 15.5. The topological polar surface area (TPSA) is 60.7 Å². The average Bonchev–Trinajstić information content (AvgIpc) is 3.11. The van der Waals surface area contributed by atoms with Crippen molar-refractivity contribution >= 4 is 28.5 Å². The second-order valence-corrected chi connectivity index (χ2v) is 6.69. The summed E-state index contributed by atoms with van der Waals surface area (Å²) < 4.78 is 16.3. The van der Waals surface area contributed by atoms with Crippen LogP contribution < -0.4 is 14.8 Å². The van der Waals surface area contributed by atoms with Gasteiger partial charge in [-0.3, -0.25) is 4.79 Å². The Morgan fingerprint density at radius 2 is 1.93 bits per heavy atom. The highest BCUT2D eigenvalue weighted by Gasteiger charge is 2.16. The van der Waals surface area contributed by atoms with Crippen LogP contribution in [0.25, 0.3) is 11.0 Å². The number of aryl methyl sites for hydroxylation is 1. The van der Waals surface area contributed by atoms with Gasteiger partial charge in [-0.2, -0.15) is 0 Å². The molecule has 1 aromatic heterocycles. The number of benzene rings is 2. The van der Waals surface area contributed by atoms with Gasteiger partial charge in [0.05, 0.1) is 25.3 Å². The molecule has 3 rings (SSSR count). The number of methoxy groups -OCH3 is 2. The van der Waals surface area contributed by atoms with Crippen LogP contribution in [-0.4, -0.2) is 20.1 Å². The Morgan fingerprint density at radius 3 is 2.63 bits per heavy atom. The standard InChI is InChI=1S/C21H22ClNO4/c1-13(19-12-15-5-4-6-18(26-3)21(15)27-19)23-20(24)10-8-14-7-9-17(25-2)16(22)11-14/h4-7,9,11-13H,8,10H2,1-3H3,(H,23,24). The van der Waals surface area contributed by atoms with Gasteiger partial charge in [-0.15, -0.1) is 0 Å². The molecule has 3 aromatic rings. The van der Waals surface area contributed by atoms with Crippen LogP contribution in [0.3, 0.4) is 0 Å². The van der Waals surface area contributed by atoms with E-state index in [-0.39, 0.29) is 11.9 Å². The van der Waals surface area contributed by atoms with Crippen molar-refractivity contribution in [3.8, 4) is 11.5 Å². The molecular weight excluding hydrogens is 366 g/mol. The Bertz CT molecular complexity index is 951. The Morgan fingerprint density at radius 1 is 1.15 bits per heavy atom. The third-order valence-corrected chi connectivity index (χ3v) is 4.70. The molecule has 0 radical (unpaired) electrons. The van der Waals surface area contributed by atoms with Crippen molar-refractivity contribution in [2.24, 2.45) is 0 Å². The number of hydrogen-bond acceptors (Lipinski definition) is 4. The fraction of sp³-hybridized carbons (Fsp3) is 0.286. The summed E-state index contributed by atoms with van der Waals surface area (Å²) in [6.07, 6.45) is 0.951. The minimum atomic E-state index is -0.242. The predicted octanol–water partition coefficient (Wildman–Crippen LogP) is 4.91. The number of halogens is 1. The first-order valence-corrected chi connectivity index (χ1v) is 9.08. The molecule has 0 saturated heterocycles. The van der Waals surface area contributed by atoms with Crippen LogP contribution in [0.1, 0.15) is 30.7 Å². The smallest absolute Gasteiger partial charge is 0.220 e. The molecule has 0 spiro atoms. The molecule has 2 aromatic carbocycles. The number of ether oxygens (including phenoxy) is 2. The molecular formula is C21H22ClNO4. The molecule has 0 fully saturated rings. The third kappa shape index (κ3) is 4.37. The Balaban J connectivity index is 1.61. The maximum absolute atomic E-state index is 12.3. The summed E-state index contributed by atoms with van der Waals surface area (Å²) in [7, 11) is 3.18. The maximum Gasteiger partial charge on any atom is 0.220 e. The first-order chi connectivity index (χ1) is 13.0. The lowest BCUT2D eigenvalue weighted by Crippen LogP contribution is -2.26. The molecule has 0 aliphatic heterocycles. The summed E-state index contributed by atoms with van der Waals surface area (Å²) >= 11 is 6.12. The number of carbonyl (C=O) groups excluding carboxylic acids is 1. The van der Waals surface area contributed by atoms with Crippen molar-refractivity contribution in [1.82, 2.24) is 5.32 Å². The Hall–Kier alpha value is -2.66. The van der Waals surface area contributed by atoms with E-state index < -0.39 is 0 Å². The van der Waals surface area contributed by atoms with E-state index in [2.05, 4.69) is 5.32 Å². The second kappa shape index (κ2) is 8.35. The second-order valence-electron chi connectivity index (χ2n) is 6.29. The summed E-state index contributed by atoms with van der Waals surface area (Å²) in [6, 6.07) is 12.9. The minimum Gasteiger partial charge on any atom is -0.495 e. The van der Waals surface area contributed by atoms with Crippen molar-refractivity contribution in [1.29, 1.82) is 0 Å². The Kier molecular flexibility index (Phi) is 5.91. The lowest BCUT2D eigenvalue weighted by molar-refractivity contribution is -0.121. The molecule has 0 bridgehead atoms. The SMILES string of the molecule is COc1ccc(CCC(=O)NC(C)c2cc3cccc(OC)c3o2)cc1Cl. The van der Waals surface area contributed by atoms with Crippen molar-refractivity contribution < 1.29 is 18.7 Å². The van der Waals surface area contributed by atoms with E-state index in [1.54, 1.807) is 20.3 Å². The molecule has 0 aliphatic rings. The van der Waals surface area contributed by atoms with Gasteiger partial charge in [0, 0.05) is 11.8 Å². The van der Waals surface area contributed by atoms with Crippen LogP contribution in [0.4, 0.5) is 0 Å². The lowest BCUT2D eigenvalue weighted by atomic mass is 10.1. The van der Waals surface area contributed by atoms with Gasteiger partial charge in [-0.1, -0.05) is 29.8 Å². The number of carbonyl (C=O) groups is 1. The van der Waals surface area contributed by atoms with Crippen molar-refractivity contribution in [2.45, 2.75) is 25.8 Å². The predicted molar refractivity (Wildman–Crippen MR) is 106 cm³/mol. The third-order valence-electron chi connectivity index (χ3n) is 4.41. The van der Waals surface area contributed by atoms with Gasteiger partial charge in [-0.25, -0.2) is 0 Å². The summed E-state index contributed by atoms with van der Waals surface area (Å²) in [5.41, 5.74) is 1.67. The highest BCUT2D eigenvalue weighted by atomic mass is 35.5. The molecule has 1 atom stereocenters. The summed E-state index contributed by atoms with van der Waals surface area (Å²) in [6.45, 7) is 1.90. The van der Waals surface area contributed by atoms with E-state index in [0.717, 1.165) is 10.9 Å². The molecule has 1 unspecified atom stereocenters. The van der Waals surface area contributed by atoms with Crippen LogP contribution in [0.2, 0.25) is 5.02 Å². The monoisotopic (exact) mass is 387 g/mol. The molecule has 1 heterocycles. The van der Waals surface area contributed by atoms with E-state index in [9.17, 15) is 4.79 Å². The van der Waals surface area contributed by atoms with Crippen LogP contribution in [-0.2, 0) is 11.2 Å². The van der Waals surface area contributed by atoms with Crippen molar-refractivity contribution in [2.75, 3.05) is 14.2 Å². The van der Waals surface area contributed by atoms with Gasteiger partial charge in [0.2, 0.25) is 5.91 Å². The summed E-state index contributed by atoms with van der Waals surface area (Å²) in [5, 5.41) is 4.46. The lowest BCUT2D eigenvalue weighted by Gasteiger charge is -2.12. The first-order valence-electron chi connectivity index (χ1n) is 8.70. The zero-order chi connectivity index (χ0) is 19.4. The van der Waals surface area contributed by atoms with E-state index in [0.29, 0.717) is 40.7 Å². The summed E-state index contributed by atoms with van der Waals surface area (Å²) in [5.74, 6) is 1.93. The van der Waals surface area contributed by atoms with E-state index in [1.165, 1.54) is 0 Å². The number of furan rings is 1. The zero-order valence-corrected chi connectivity index (χ0v) is 16.3. The molecule has 142 valence electrons. The van der Waals surface area contributed by atoms with Gasteiger partial charge >= 0.3 is 0 Å². The molecule has 1 amide bonds. The van der Waals surface area contributed by atoms with Crippen LogP contribution in [0, 0.1) is 0 Å². The molecule has 5 nitrogen and oxygen atoms in total. The fourth-order valence-corrected chi connectivity index (χ4v) is 3.22. The van der Waals surface area contributed by atoms with E-state index in [1.807, 2.05) is 43.3 Å². The normalized spacial score (nSPS) is 12.0. The van der Waals surface area contributed by atoms with Crippen LogP contribution >= 0.6 is 11.6 Å². The molecule has 1 N–H and O–H groups in total. The van der Waals surface area contributed by atoms with Gasteiger partial charge in [-0.05, 0) is 43.2 Å². The Labute approximate surface area is 163 Å². The molecule has 0 saturated carbocycles. The largest absolute Gasteiger partial charge is 0.495 e. The average molecular weight is 388 g/mol. The number of fused-ring (bicyclic) bond motifs is 1. The van der Waals surface area contributed by atoms with E-state index >= 15 is 0 Å². The van der Waals surface area contributed by atoms with Gasteiger partial charge in [0.1, 0.15) is 11.5 Å². The number of nitrogens with one attached hydrogen (secondary N) is 1. The van der Waals surface area contributed by atoms with Gasteiger partial charge in [0.25, 0.3) is 0 Å². The van der Waals surface area contributed by atoms with Crippen molar-refractivity contribution in [3.63, 3.8) is 0 Å². The fourth-order valence-electron chi connectivity index (χ4n) is 2.94. The first kappa shape index (κ1) is 19.1. The number of rotatable bonds is 7. The highest BCUT2D eigenvalue weighted by Crippen LogP contribution is 2.31. The quantitative estimate of drug-likeness (QED) is 0.625. The van der Waals surface area contributed by atoms with Crippen molar-refractivity contribution in [3.05, 3.63) is 58.8 Å². The van der Waals surface area contributed by atoms with Gasteiger partial charge < -0.3 is 19.2 Å². The number of amides is 1. The summed E-state index contributed by atoms with van der Waals surface area (Å²) in [4.78, 5) is 12.3. The van der Waals surface area contributed by atoms with Crippen LogP contribution in [0.15, 0.2) is 46.9 Å².